The molecular weight excluding hydrogens is 627 g/mol. The van der Waals surface area contributed by atoms with Crippen LogP contribution in [0.1, 0.15) is 0 Å². The summed E-state index contributed by atoms with van der Waals surface area (Å²) in [6, 6.07) is 54.1. The molecule has 0 amide bonds. The molecule has 3 nitrogen and oxygen atoms in total. The van der Waals surface area contributed by atoms with E-state index in [4.69, 9.17) is 0 Å². The average Bonchev–Trinajstić information content (AvgIpc) is 3.76. The molecule has 0 bridgehead atoms. The van der Waals surface area contributed by atoms with Crippen molar-refractivity contribution in [2.24, 2.45) is 21.1 Å². The van der Waals surface area contributed by atoms with E-state index >= 15 is 0 Å². The highest BCUT2D eigenvalue weighted by Crippen LogP contribution is 2.39. The SMILES string of the molecule is CS.Cn1c2ccccc2c2cc(-c3cc(-c4ccc5c(c4)c4ccccc4n5C)cc(-c4ccc5c(c4)c4ccccc4n5C)c3)ccc21. The fourth-order valence-corrected chi connectivity index (χ4v) is 8.17. The Bertz CT molecular complexity index is 2610. The third-order valence-electron chi connectivity index (χ3n) is 10.7. The van der Waals surface area contributed by atoms with Gasteiger partial charge in [0, 0.05) is 86.6 Å². The van der Waals surface area contributed by atoms with Gasteiger partial charge >= 0.3 is 0 Å². The predicted molar refractivity (Wildman–Crippen MR) is 220 cm³/mol. The van der Waals surface area contributed by atoms with Crippen LogP contribution in [0.4, 0.5) is 0 Å². The van der Waals surface area contributed by atoms with E-state index in [1.807, 2.05) is 0 Å². The number of thiol groups is 1. The molecule has 0 saturated carbocycles. The summed E-state index contributed by atoms with van der Waals surface area (Å²) in [5.74, 6) is 0. The minimum absolute atomic E-state index is 1.22. The van der Waals surface area contributed by atoms with E-state index in [1.54, 1.807) is 6.26 Å². The van der Waals surface area contributed by atoms with Crippen molar-refractivity contribution in [3.63, 3.8) is 0 Å². The molecule has 0 aliphatic carbocycles. The lowest BCUT2D eigenvalue weighted by molar-refractivity contribution is 1.01. The van der Waals surface area contributed by atoms with Gasteiger partial charge in [0.15, 0.2) is 0 Å². The second-order valence-electron chi connectivity index (χ2n) is 13.2. The molecule has 3 aromatic heterocycles. The van der Waals surface area contributed by atoms with Crippen molar-refractivity contribution in [3.05, 3.63) is 146 Å². The van der Waals surface area contributed by atoms with E-state index in [0.29, 0.717) is 0 Å². The van der Waals surface area contributed by atoms with Crippen LogP contribution in [0.15, 0.2) is 146 Å². The number of rotatable bonds is 3. The van der Waals surface area contributed by atoms with Crippen LogP contribution in [0.2, 0.25) is 0 Å². The molecule has 0 aliphatic heterocycles. The summed E-state index contributed by atoms with van der Waals surface area (Å²) in [7, 11) is 6.49. The first-order valence-corrected chi connectivity index (χ1v) is 18.0. The molecule has 4 heteroatoms. The van der Waals surface area contributed by atoms with E-state index in [-0.39, 0.29) is 0 Å². The van der Waals surface area contributed by atoms with Gasteiger partial charge in [-0.15, -0.1) is 0 Å². The maximum absolute atomic E-state index is 3.53. The zero-order valence-electron chi connectivity index (χ0n) is 28.6. The van der Waals surface area contributed by atoms with Crippen LogP contribution in [-0.2, 0) is 21.1 Å². The summed E-state index contributed by atoms with van der Waals surface area (Å²) in [5.41, 5.74) is 14.8. The van der Waals surface area contributed by atoms with Crippen LogP contribution in [0.5, 0.6) is 0 Å². The standard InChI is InChI=1S/C45H33N3.CH4S/c1-46-40-13-7-4-10-34(40)37-25-28(16-19-43(37)46)31-22-32(29-17-20-44-38(26-29)35-11-5-8-14-41(35)47(44)2)24-33(23-31)30-18-21-45-39(27-30)36-12-6-9-15-42(36)48(45)3;1-2/h4-27H,1-3H3;2H,1H3. The van der Waals surface area contributed by atoms with Gasteiger partial charge < -0.3 is 13.7 Å². The maximum Gasteiger partial charge on any atom is 0.0489 e. The Hall–Kier alpha value is -5.71. The lowest BCUT2D eigenvalue weighted by Gasteiger charge is -2.13. The highest BCUT2D eigenvalue weighted by molar-refractivity contribution is 7.79. The molecule has 242 valence electrons. The van der Waals surface area contributed by atoms with Crippen molar-refractivity contribution >= 4 is 78.0 Å². The summed E-state index contributed by atoms with van der Waals surface area (Å²) >= 11 is 3.53. The summed E-state index contributed by atoms with van der Waals surface area (Å²) in [6.45, 7) is 0. The van der Waals surface area contributed by atoms with Gasteiger partial charge in [-0.2, -0.15) is 12.6 Å². The predicted octanol–water partition coefficient (Wildman–Crippen LogP) is 12.2. The first-order valence-electron chi connectivity index (χ1n) is 17.1. The number of hydrogen-bond acceptors (Lipinski definition) is 1. The van der Waals surface area contributed by atoms with Gasteiger partial charge in [-0.25, -0.2) is 0 Å². The van der Waals surface area contributed by atoms with Crippen LogP contribution in [0, 0.1) is 0 Å². The highest BCUT2D eigenvalue weighted by Gasteiger charge is 2.15. The second kappa shape index (κ2) is 11.7. The maximum atomic E-state index is 3.53. The summed E-state index contributed by atoms with van der Waals surface area (Å²) in [5, 5.41) is 7.72. The Morgan fingerprint density at radius 2 is 0.540 bits per heavy atom. The van der Waals surface area contributed by atoms with Crippen LogP contribution >= 0.6 is 12.6 Å². The number of benzene rings is 7. The first-order chi connectivity index (χ1) is 24.5. The van der Waals surface area contributed by atoms with Gasteiger partial charge in [0.25, 0.3) is 0 Å². The average molecular weight is 664 g/mol. The van der Waals surface area contributed by atoms with Crippen molar-refractivity contribution in [2.75, 3.05) is 6.26 Å². The summed E-state index contributed by atoms with van der Waals surface area (Å²) in [4.78, 5) is 0. The molecule has 0 N–H and O–H groups in total. The van der Waals surface area contributed by atoms with Crippen LogP contribution in [-0.4, -0.2) is 20.0 Å². The topological polar surface area (TPSA) is 14.8 Å². The molecule has 10 rings (SSSR count). The minimum atomic E-state index is 1.22. The minimum Gasteiger partial charge on any atom is -0.344 e. The zero-order valence-corrected chi connectivity index (χ0v) is 29.5. The normalized spacial score (nSPS) is 11.7. The number of fused-ring (bicyclic) bond motifs is 9. The van der Waals surface area contributed by atoms with Crippen LogP contribution < -0.4 is 0 Å². The van der Waals surface area contributed by atoms with E-state index in [9.17, 15) is 0 Å². The fraction of sp³-hybridized carbons (Fsp3) is 0.0870. The Labute approximate surface area is 297 Å². The number of aromatic nitrogens is 3. The smallest absolute Gasteiger partial charge is 0.0489 e. The highest BCUT2D eigenvalue weighted by atomic mass is 32.1. The Kier molecular flexibility index (Phi) is 7.11. The number of para-hydroxylation sites is 3. The first kappa shape index (κ1) is 30.4. The fourth-order valence-electron chi connectivity index (χ4n) is 8.17. The van der Waals surface area contributed by atoms with Gasteiger partial charge in [0.2, 0.25) is 0 Å². The molecule has 0 aliphatic rings. The zero-order chi connectivity index (χ0) is 34.1. The van der Waals surface area contributed by atoms with Crippen molar-refractivity contribution in [2.45, 2.75) is 0 Å². The molecule has 3 heterocycles. The van der Waals surface area contributed by atoms with Crippen LogP contribution in [0.25, 0.3) is 98.8 Å². The van der Waals surface area contributed by atoms with Crippen molar-refractivity contribution in [3.8, 4) is 33.4 Å². The molecule has 50 heavy (non-hydrogen) atoms. The third-order valence-corrected chi connectivity index (χ3v) is 10.7. The Balaban J connectivity index is 0.00000165. The van der Waals surface area contributed by atoms with Gasteiger partial charge in [0.1, 0.15) is 0 Å². The monoisotopic (exact) mass is 663 g/mol. The summed E-state index contributed by atoms with van der Waals surface area (Å²) < 4.78 is 6.90. The van der Waals surface area contributed by atoms with E-state index in [0.717, 1.165) is 0 Å². The molecule has 0 spiro atoms. The van der Waals surface area contributed by atoms with Gasteiger partial charge in [-0.3, -0.25) is 0 Å². The van der Waals surface area contributed by atoms with Gasteiger partial charge in [0.05, 0.1) is 0 Å². The van der Waals surface area contributed by atoms with Gasteiger partial charge in [-0.1, -0.05) is 72.8 Å². The molecule has 7 aromatic carbocycles. The number of hydrogen-bond donors (Lipinski definition) is 1. The molecule has 0 fully saturated rings. The van der Waals surface area contributed by atoms with Crippen LogP contribution in [0.3, 0.4) is 0 Å². The Morgan fingerprint density at radius 3 is 0.840 bits per heavy atom. The van der Waals surface area contributed by atoms with E-state index in [2.05, 4.69) is 193 Å². The van der Waals surface area contributed by atoms with Crippen molar-refractivity contribution in [1.29, 1.82) is 0 Å². The van der Waals surface area contributed by atoms with E-state index < -0.39 is 0 Å². The second-order valence-corrected chi connectivity index (χ2v) is 13.2. The number of aryl methyl sites for hydroxylation is 3. The molecule has 0 radical (unpaired) electrons. The van der Waals surface area contributed by atoms with Crippen molar-refractivity contribution in [1.82, 2.24) is 13.7 Å². The Morgan fingerprint density at radius 1 is 0.280 bits per heavy atom. The summed E-state index contributed by atoms with van der Waals surface area (Å²) in [6.07, 6.45) is 1.69. The van der Waals surface area contributed by atoms with Gasteiger partial charge in [-0.05, 0) is 112 Å². The molecule has 0 unspecified atom stereocenters. The van der Waals surface area contributed by atoms with Crippen molar-refractivity contribution < 1.29 is 0 Å². The molecular formula is C46H37N3S. The molecule has 0 atom stereocenters. The lowest BCUT2D eigenvalue weighted by atomic mass is 9.92. The third kappa shape index (κ3) is 4.52. The van der Waals surface area contributed by atoms with E-state index in [1.165, 1.54) is 98.8 Å². The molecule has 0 saturated heterocycles. The largest absolute Gasteiger partial charge is 0.344 e. The quantitative estimate of drug-likeness (QED) is 0.181. The lowest BCUT2D eigenvalue weighted by Crippen LogP contribution is -1.89. The molecule has 10 aromatic rings. The number of nitrogens with zero attached hydrogens (tertiary/aromatic N) is 3.